The molecule has 0 aromatic heterocycles. The first-order valence-corrected chi connectivity index (χ1v) is 7.04. The normalized spacial score (nSPS) is 17.7. The van der Waals surface area contributed by atoms with Crippen LogP contribution in [0.25, 0.3) is 0 Å². The Bertz CT molecular complexity index is 427. The highest BCUT2D eigenvalue weighted by molar-refractivity contribution is 5.69. The Balaban J connectivity index is 2.09. The van der Waals surface area contributed by atoms with E-state index in [2.05, 4.69) is 10.2 Å². The van der Waals surface area contributed by atoms with E-state index in [1.807, 2.05) is 24.3 Å². The minimum absolute atomic E-state index is 0.167. The molecule has 1 saturated heterocycles. The minimum Gasteiger partial charge on any atom is -0.427 e. The number of nitrogens with one attached hydrogen (secondary N) is 1. The van der Waals surface area contributed by atoms with Crippen LogP contribution in [-0.4, -0.2) is 48.8 Å². The predicted molar refractivity (Wildman–Crippen MR) is 76.6 cm³/mol. The van der Waals surface area contributed by atoms with E-state index in [1.165, 1.54) is 6.92 Å². The first kappa shape index (κ1) is 15.0. The zero-order valence-electron chi connectivity index (χ0n) is 11.8. The third kappa shape index (κ3) is 4.03. The number of esters is 1. The summed E-state index contributed by atoms with van der Waals surface area (Å²) in [5.41, 5.74) is 1.15. The molecular formula is C15H22N2O3. The fraction of sp³-hybridized carbons (Fsp3) is 0.533. The van der Waals surface area contributed by atoms with Gasteiger partial charge in [-0.05, 0) is 24.1 Å². The lowest BCUT2D eigenvalue weighted by Crippen LogP contribution is -2.45. The SMILES string of the molecule is CC(=O)Oc1ccc([C@@H](CCO)N2CCNCC2)cc1. The number of benzene rings is 1. The Kier molecular flexibility index (Phi) is 5.52. The predicted octanol–water partition coefficient (Wildman–Crippen LogP) is 0.941. The number of piperazine rings is 1. The summed E-state index contributed by atoms with van der Waals surface area (Å²) in [5, 5.41) is 12.6. The van der Waals surface area contributed by atoms with Crippen LogP contribution in [0.1, 0.15) is 24.9 Å². The van der Waals surface area contributed by atoms with Crippen LogP contribution in [0, 0.1) is 0 Å². The van der Waals surface area contributed by atoms with Gasteiger partial charge in [0.15, 0.2) is 0 Å². The molecule has 1 atom stereocenters. The summed E-state index contributed by atoms with van der Waals surface area (Å²) in [7, 11) is 0. The maximum absolute atomic E-state index is 10.9. The molecular weight excluding hydrogens is 256 g/mol. The highest BCUT2D eigenvalue weighted by atomic mass is 16.5. The molecule has 5 nitrogen and oxygen atoms in total. The van der Waals surface area contributed by atoms with Crippen molar-refractivity contribution in [2.45, 2.75) is 19.4 Å². The summed E-state index contributed by atoms with van der Waals surface area (Å²) in [6.45, 7) is 5.48. The number of ether oxygens (including phenoxy) is 1. The Morgan fingerprint density at radius 1 is 1.35 bits per heavy atom. The second kappa shape index (κ2) is 7.38. The Morgan fingerprint density at radius 3 is 2.55 bits per heavy atom. The van der Waals surface area contributed by atoms with Gasteiger partial charge in [0.2, 0.25) is 0 Å². The van der Waals surface area contributed by atoms with E-state index in [4.69, 9.17) is 4.74 Å². The third-order valence-electron chi connectivity index (χ3n) is 3.52. The van der Waals surface area contributed by atoms with Gasteiger partial charge < -0.3 is 15.2 Å². The molecule has 2 rings (SSSR count). The van der Waals surface area contributed by atoms with E-state index in [1.54, 1.807) is 0 Å². The molecule has 1 heterocycles. The number of aliphatic hydroxyl groups is 1. The van der Waals surface area contributed by atoms with Crippen LogP contribution in [0.15, 0.2) is 24.3 Å². The van der Waals surface area contributed by atoms with Gasteiger partial charge in [-0.2, -0.15) is 0 Å². The largest absolute Gasteiger partial charge is 0.427 e. The van der Waals surface area contributed by atoms with Gasteiger partial charge in [-0.1, -0.05) is 12.1 Å². The van der Waals surface area contributed by atoms with Gasteiger partial charge in [-0.3, -0.25) is 9.69 Å². The van der Waals surface area contributed by atoms with E-state index < -0.39 is 0 Å². The number of rotatable bonds is 5. The molecule has 1 fully saturated rings. The average molecular weight is 278 g/mol. The molecule has 0 aliphatic carbocycles. The minimum atomic E-state index is -0.313. The summed E-state index contributed by atoms with van der Waals surface area (Å²) in [6, 6.07) is 7.78. The lowest BCUT2D eigenvalue weighted by atomic mass is 10.0. The molecule has 20 heavy (non-hydrogen) atoms. The molecule has 0 saturated carbocycles. The van der Waals surface area contributed by atoms with Crippen molar-refractivity contribution in [3.05, 3.63) is 29.8 Å². The number of aliphatic hydroxyl groups excluding tert-OH is 1. The maximum atomic E-state index is 10.9. The van der Waals surface area contributed by atoms with Crippen molar-refractivity contribution in [2.75, 3.05) is 32.8 Å². The van der Waals surface area contributed by atoms with Gasteiger partial charge in [0, 0.05) is 45.8 Å². The summed E-state index contributed by atoms with van der Waals surface area (Å²) in [5.74, 6) is 0.246. The number of hydrogen-bond donors (Lipinski definition) is 2. The molecule has 2 N–H and O–H groups in total. The second-order valence-corrected chi connectivity index (χ2v) is 4.98. The number of hydrogen-bond acceptors (Lipinski definition) is 5. The van der Waals surface area contributed by atoms with Crippen LogP contribution in [0.2, 0.25) is 0 Å². The summed E-state index contributed by atoms with van der Waals surface area (Å²) < 4.78 is 5.04. The van der Waals surface area contributed by atoms with E-state index in [-0.39, 0.29) is 18.6 Å². The third-order valence-corrected chi connectivity index (χ3v) is 3.52. The molecule has 0 radical (unpaired) electrons. The van der Waals surface area contributed by atoms with E-state index in [0.29, 0.717) is 12.2 Å². The van der Waals surface area contributed by atoms with Crippen molar-refractivity contribution >= 4 is 5.97 Å². The molecule has 5 heteroatoms. The van der Waals surface area contributed by atoms with Gasteiger partial charge in [0.1, 0.15) is 5.75 Å². The monoisotopic (exact) mass is 278 g/mol. The van der Waals surface area contributed by atoms with Crippen molar-refractivity contribution < 1.29 is 14.6 Å². The quantitative estimate of drug-likeness (QED) is 0.620. The Labute approximate surface area is 119 Å². The van der Waals surface area contributed by atoms with Gasteiger partial charge >= 0.3 is 5.97 Å². The first-order valence-electron chi connectivity index (χ1n) is 7.04. The summed E-state index contributed by atoms with van der Waals surface area (Å²) in [6.07, 6.45) is 0.715. The van der Waals surface area contributed by atoms with Gasteiger partial charge in [-0.15, -0.1) is 0 Å². The Morgan fingerprint density at radius 2 is 2.00 bits per heavy atom. The number of carbonyl (C=O) groups is 1. The lowest BCUT2D eigenvalue weighted by Gasteiger charge is -2.35. The molecule has 0 spiro atoms. The van der Waals surface area contributed by atoms with Gasteiger partial charge in [0.25, 0.3) is 0 Å². The lowest BCUT2D eigenvalue weighted by molar-refractivity contribution is -0.131. The summed E-state index contributed by atoms with van der Waals surface area (Å²) >= 11 is 0. The molecule has 0 amide bonds. The smallest absolute Gasteiger partial charge is 0.308 e. The maximum Gasteiger partial charge on any atom is 0.308 e. The van der Waals surface area contributed by atoms with Crippen molar-refractivity contribution in [1.82, 2.24) is 10.2 Å². The highest BCUT2D eigenvalue weighted by Crippen LogP contribution is 2.26. The van der Waals surface area contributed by atoms with Crippen molar-refractivity contribution in [2.24, 2.45) is 0 Å². The molecule has 1 aromatic carbocycles. The van der Waals surface area contributed by atoms with E-state index in [9.17, 15) is 9.90 Å². The van der Waals surface area contributed by atoms with Crippen LogP contribution in [0.3, 0.4) is 0 Å². The zero-order chi connectivity index (χ0) is 14.4. The van der Waals surface area contributed by atoms with E-state index in [0.717, 1.165) is 31.7 Å². The highest BCUT2D eigenvalue weighted by Gasteiger charge is 2.21. The average Bonchev–Trinajstić information content (AvgIpc) is 2.46. The van der Waals surface area contributed by atoms with Gasteiger partial charge in [-0.25, -0.2) is 0 Å². The molecule has 0 bridgehead atoms. The van der Waals surface area contributed by atoms with Crippen molar-refractivity contribution in [1.29, 1.82) is 0 Å². The topological polar surface area (TPSA) is 61.8 Å². The zero-order valence-corrected chi connectivity index (χ0v) is 11.8. The second-order valence-electron chi connectivity index (χ2n) is 4.98. The molecule has 110 valence electrons. The fourth-order valence-electron chi connectivity index (χ4n) is 2.60. The van der Waals surface area contributed by atoms with Crippen LogP contribution in [0.5, 0.6) is 5.75 Å². The van der Waals surface area contributed by atoms with Crippen LogP contribution in [0.4, 0.5) is 0 Å². The van der Waals surface area contributed by atoms with Gasteiger partial charge in [0.05, 0.1) is 0 Å². The number of carbonyl (C=O) groups excluding carboxylic acids is 1. The van der Waals surface area contributed by atoms with Crippen LogP contribution >= 0.6 is 0 Å². The molecule has 1 aliphatic heterocycles. The van der Waals surface area contributed by atoms with Crippen LogP contribution in [-0.2, 0) is 4.79 Å². The fourth-order valence-corrected chi connectivity index (χ4v) is 2.60. The first-order chi connectivity index (χ1) is 9.70. The van der Waals surface area contributed by atoms with E-state index >= 15 is 0 Å². The summed E-state index contributed by atoms with van der Waals surface area (Å²) in [4.78, 5) is 13.3. The molecule has 0 unspecified atom stereocenters. The standard InChI is InChI=1S/C15H22N2O3/c1-12(19)20-14-4-2-13(3-5-14)15(6-11-18)17-9-7-16-8-10-17/h2-5,15-16,18H,6-11H2,1H3/t15-/m1/s1. The molecule has 1 aromatic rings. The van der Waals surface area contributed by atoms with Crippen molar-refractivity contribution in [3.8, 4) is 5.75 Å². The Hall–Kier alpha value is -1.43. The van der Waals surface area contributed by atoms with Crippen LogP contribution < -0.4 is 10.1 Å². The molecule has 1 aliphatic rings. The number of nitrogens with zero attached hydrogens (tertiary/aromatic N) is 1. The van der Waals surface area contributed by atoms with Crippen molar-refractivity contribution in [3.63, 3.8) is 0 Å².